The van der Waals surface area contributed by atoms with E-state index < -0.39 is 0 Å². The van der Waals surface area contributed by atoms with Crippen LogP contribution in [-0.4, -0.2) is 21.7 Å². The van der Waals surface area contributed by atoms with Gasteiger partial charge in [0.1, 0.15) is 5.82 Å². The molecule has 3 aromatic rings. The lowest BCUT2D eigenvalue weighted by Gasteiger charge is -2.00. The Balaban J connectivity index is 1.57. The highest BCUT2D eigenvalue weighted by Gasteiger charge is 2.12. The summed E-state index contributed by atoms with van der Waals surface area (Å²) in [6.45, 7) is 2.07. The van der Waals surface area contributed by atoms with Gasteiger partial charge < -0.3 is 5.32 Å². The molecule has 3 rings (SSSR count). The van der Waals surface area contributed by atoms with Crippen molar-refractivity contribution < 1.29 is 9.18 Å². The lowest BCUT2D eigenvalue weighted by atomic mass is 10.3. The number of nitrogens with one attached hydrogen (secondary N) is 1. The van der Waals surface area contributed by atoms with Gasteiger partial charge in [-0.2, -0.15) is 0 Å². The first kappa shape index (κ1) is 17.1. The molecule has 2 aromatic heterocycles. The third-order valence-corrected chi connectivity index (χ3v) is 6.34. The lowest BCUT2D eigenvalue weighted by molar-refractivity contribution is 0.102. The van der Waals surface area contributed by atoms with Gasteiger partial charge in [-0.05, 0) is 36.8 Å². The number of Topliss-reactive ketones (excluding diaryl/α,β-unsaturated/α-hetero) is 1. The third kappa shape index (κ3) is 4.40. The van der Waals surface area contributed by atoms with Crippen LogP contribution >= 0.6 is 34.4 Å². The summed E-state index contributed by atoms with van der Waals surface area (Å²) in [7, 11) is 0. The molecule has 0 spiro atoms. The second kappa shape index (κ2) is 7.87. The van der Waals surface area contributed by atoms with Gasteiger partial charge in [0.25, 0.3) is 0 Å². The fourth-order valence-corrected chi connectivity index (χ4v) is 4.56. The molecule has 0 bridgehead atoms. The van der Waals surface area contributed by atoms with Gasteiger partial charge in [0.15, 0.2) is 10.1 Å². The van der Waals surface area contributed by atoms with E-state index >= 15 is 0 Å². The van der Waals surface area contributed by atoms with E-state index in [0.717, 1.165) is 11.3 Å². The van der Waals surface area contributed by atoms with Gasteiger partial charge in [-0.1, -0.05) is 36.1 Å². The number of benzene rings is 1. The molecule has 0 fully saturated rings. The van der Waals surface area contributed by atoms with Crippen LogP contribution in [0.25, 0.3) is 0 Å². The minimum atomic E-state index is -0.313. The van der Waals surface area contributed by atoms with Crippen LogP contribution in [0, 0.1) is 5.82 Å². The number of hydrogen-bond donors (Lipinski definition) is 1. The van der Waals surface area contributed by atoms with E-state index in [4.69, 9.17) is 0 Å². The molecule has 2 heterocycles. The van der Waals surface area contributed by atoms with Gasteiger partial charge in [0, 0.05) is 10.6 Å². The Labute approximate surface area is 151 Å². The molecule has 0 unspecified atom stereocenters. The van der Waals surface area contributed by atoms with Gasteiger partial charge in [-0.3, -0.25) is 4.79 Å². The SMILES string of the molecule is CCc1ccc(C(=O)CSc2nnc(Nc3cccc(F)c3)s2)s1. The molecule has 8 heteroatoms. The van der Waals surface area contributed by atoms with Gasteiger partial charge in [-0.15, -0.1) is 21.5 Å². The second-order valence-corrected chi connectivity index (χ2v) is 8.21. The van der Waals surface area contributed by atoms with Crippen LogP contribution in [0.4, 0.5) is 15.2 Å². The molecule has 24 heavy (non-hydrogen) atoms. The fraction of sp³-hybridized carbons (Fsp3) is 0.188. The summed E-state index contributed by atoms with van der Waals surface area (Å²) >= 11 is 4.24. The number of ketones is 1. The summed E-state index contributed by atoms with van der Waals surface area (Å²) in [6.07, 6.45) is 0.941. The lowest BCUT2D eigenvalue weighted by Crippen LogP contribution is -1.98. The van der Waals surface area contributed by atoms with Crippen LogP contribution in [-0.2, 0) is 6.42 Å². The summed E-state index contributed by atoms with van der Waals surface area (Å²) in [6, 6.07) is 10.0. The molecule has 0 aliphatic heterocycles. The standard InChI is InChI=1S/C16H14FN3OS3/c1-2-12-6-7-14(23-12)13(21)9-22-16-20-19-15(24-16)18-11-5-3-4-10(17)8-11/h3-8H,2,9H2,1H3,(H,18,19). The minimum absolute atomic E-state index is 0.0968. The fourth-order valence-electron chi connectivity index (χ4n) is 1.92. The average molecular weight is 380 g/mol. The van der Waals surface area contributed by atoms with E-state index in [1.807, 2.05) is 12.1 Å². The van der Waals surface area contributed by atoms with Crippen LogP contribution < -0.4 is 5.32 Å². The zero-order valence-corrected chi connectivity index (χ0v) is 15.2. The Morgan fingerprint density at radius 2 is 2.12 bits per heavy atom. The van der Waals surface area contributed by atoms with Crippen LogP contribution in [0.1, 0.15) is 21.5 Å². The van der Waals surface area contributed by atoms with E-state index in [1.54, 1.807) is 23.5 Å². The predicted molar refractivity (Wildman–Crippen MR) is 98.3 cm³/mol. The molecule has 1 aromatic carbocycles. The van der Waals surface area contributed by atoms with Crippen LogP contribution in [0.5, 0.6) is 0 Å². The molecule has 1 N–H and O–H groups in total. The zero-order valence-electron chi connectivity index (χ0n) is 12.8. The number of aromatic nitrogens is 2. The maximum Gasteiger partial charge on any atom is 0.210 e. The second-order valence-electron chi connectivity index (χ2n) is 4.84. The number of rotatable bonds is 7. The van der Waals surface area contributed by atoms with Crippen molar-refractivity contribution in [3.05, 3.63) is 52.0 Å². The largest absolute Gasteiger partial charge is 0.330 e. The quantitative estimate of drug-likeness (QED) is 0.461. The molecule has 0 amide bonds. The third-order valence-electron chi connectivity index (χ3n) is 3.09. The van der Waals surface area contributed by atoms with Crippen molar-refractivity contribution in [1.82, 2.24) is 10.2 Å². The number of carbonyl (C=O) groups excluding carboxylic acids is 1. The summed E-state index contributed by atoms with van der Waals surface area (Å²) in [5, 5.41) is 11.6. The molecule has 0 radical (unpaired) electrons. The van der Waals surface area contributed by atoms with E-state index in [1.165, 1.54) is 40.1 Å². The first-order valence-corrected chi connectivity index (χ1v) is 9.86. The first-order valence-electron chi connectivity index (χ1n) is 7.25. The normalized spacial score (nSPS) is 10.8. The smallest absolute Gasteiger partial charge is 0.210 e. The van der Waals surface area contributed by atoms with Gasteiger partial charge in [0.2, 0.25) is 5.13 Å². The number of hydrogen-bond acceptors (Lipinski definition) is 7. The van der Waals surface area contributed by atoms with Crippen molar-refractivity contribution in [3.8, 4) is 0 Å². The maximum atomic E-state index is 13.2. The van der Waals surface area contributed by atoms with Crippen molar-refractivity contribution >= 4 is 51.0 Å². The molecule has 0 aliphatic carbocycles. The minimum Gasteiger partial charge on any atom is -0.330 e. The number of carbonyl (C=O) groups is 1. The highest BCUT2D eigenvalue weighted by Crippen LogP contribution is 2.29. The average Bonchev–Trinajstić information content (AvgIpc) is 3.22. The van der Waals surface area contributed by atoms with Crippen LogP contribution in [0.15, 0.2) is 40.7 Å². The van der Waals surface area contributed by atoms with E-state index in [-0.39, 0.29) is 11.6 Å². The number of halogens is 1. The Morgan fingerprint density at radius 3 is 2.88 bits per heavy atom. The van der Waals surface area contributed by atoms with E-state index in [2.05, 4.69) is 22.4 Å². The van der Waals surface area contributed by atoms with Crippen molar-refractivity contribution in [3.63, 3.8) is 0 Å². The summed E-state index contributed by atoms with van der Waals surface area (Å²) in [4.78, 5) is 14.2. The topological polar surface area (TPSA) is 54.9 Å². The molecule has 0 saturated carbocycles. The Kier molecular flexibility index (Phi) is 5.60. The number of thiophene rings is 1. The van der Waals surface area contributed by atoms with Crippen LogP contribution in [0.2, 0.25) is 0 Å². The number of thioether (sulfide) groups is 1. The molecular weight excluding hydrogens is 365 g/mol. The zero-order chi connectivity index (χ0) is 16.9. The predicted octanol–water partition coefficient (Wildman–Crippen LogP) is 5.02. The molecular formula is C16H14FN3OS3. The Hall–Kier alpha value is -1.77. The van der Waals surface area contributed by atoms with Gasteiger partial charge in [0.05, 0.1) is 10.6 Å². The Bertz CT molecular complexity index is 846. The summed E-state index contributed by atoms with van der Waals surface area (Å²) < 4.78 is 13.9. The summed E-state index contributed by atoms with van der Waals surface area (Å²) in [5.41, 5.74) is 0.615. The van der Waals surface area contributed by atoms with E-state index in [0.29, 0.717) is 20.9 Å². The van der Waals surface area contributed by atoms with Crippen molar-refractivity contribution in [2.24, 2.45) is 0 Å². The number of aryl methyl sites for hydroxylation is 1. The highest BCUT2D eigenvalue weighted by molar-refractivity contribution is 8.01. The molecule has 124 valence electrons. The number of nitrogens with zero attached hydrogens (tertiary/aromatic N) is 2. The van der Waals surface area contributed by atoms with E-state index in [9.17, 15) is 9.18 Å². The number of anilines is 2. The molecule has 0 atom stereocenters. The van der Waals surface area contributed by atoms with Crippen molar-refractivity contribution in [2.45, 2.75) is 17.7 Å². The van der Waals surface area contributed by atoms with Gasteiger partial charge in [-0.25, -0.2) is 4.39 Å². The highest BCUT2D eigenvalue weighted by atomic mass is 32.2. The molecule has 0 saturated heterocycles. The van der Waals surface area contributed by atoms with Crippen LogP contribution in [0.3, 0.4) is 0 Å². The summed E-state index contributed by atoms with van der Waals surface area (Å²) in [5.74, 6) is 0.116. The molecule has 0 aliphatic rings. The first-order chi connectivity index (χ1) is 11.6. The monoisotopic (exact) mass is 379 g/mol. The molecule has 4 nitrogen and oxygen atoms in total. The Morgan fingerprint density at radius 1 is 1.25 bits per heavy atom. The van der Waals surface area contributed by atoms with Crippen molar-refractivity contribution in [1.29, 1.82) is 0 Å². The van der Waals surface area contributed by atoms with Gasteiger partial charge >= 0.3 is 0 Å². The maximum absolute atomic E-state index is 13.2. The van der Waals surface area contributed by atoms with Crippen molar-refractivity contribution in [2.75, 3.05) is 11.1 Å².